The van der Waals surface area contributed by atoms with Gasteiger partial charge in [-0.1, -0.05) is 17.7 Å². The second kappa shape index (κ2) is 5.76. The van der Waals surface area contributed by atoms with Crippen LogP contribution < -0.4 is 5.43 Å². The maximum Gasteiger partial charge on any atom is 0.115 e. The van der Waals surface area contributed by atoms with Crippen molar-refractivity contribution in [1.29, 1.82) is 0 Å². The number of hydrogen-bond donors (Lipinski definition) is 2. The van der Waals surface area contributed by atoms with Gasteiger partial charge in [-0.3, -0.25) is 5.43 Å². The first-order valence-electron chi connectivity index (χ1n) is 5.92. The van der Waals surface area contributed by atoms with E-state index in [-0.39, 0.29) is 5.75 Å². The summed E-state index contributed by atoms with van der Waals surface area (Å²) in [6.07, 6.45) is 0. The van der Waals surface area contributed by atoms with Crippen molar-refractivity contribution in [1.82, 2.24) is 0 Å². The van der Waals surface area contributed by atoms with Gasteiger partial charge in [0.25, 0.3) is 0 Å². The monoisotopic (exact) mass is 274 g/mol. The van der Waals surface area contributed by atoms with E-state index in [1.165, 1.54) is 0 Å². The molecule has 0 amide bonds. The Hall–Kier alpha value is -2.00. The Bertz CT molecular complexity index is 606. The average molecular weight is 275 g/mol. The van der Waals surface area contributed by atoms with Crippen molar-refractivity contribution >= 4 is 23.0 Å². The van der Waals surface area contributed by atoms with E-state index in [0.29, 0.717) is 5.02 Å². The normalized spacial score (nSPS) is 11.4. The fraction of sp³-hybridized carbons (Fsp3) is 0.133. The second-order valence-electron chi connectivity index (χ2n) is 4.32. The van der Waals surface area contributed by atoms with Gasteiger partial charge in [-0.2, -0.15) is 5.10 Å². The lowest BCUT2D eigenvalue weighted by Gasteiger charge is -2.05. The second-order valence-corrected chi connectivity index (χ2v) is 4.73. The van der Waals surface area contributed by atoms with Gasteiger partial charge in [-0.15, -0.1) is 0 Å². The van der Waals surface area contributed by atoms with E-state index < -0.39 is 0 Å². The predicted molar refractivity (Wildman–Crippen MR) is 80.1 cm³/mol. The zero-order valence-corrected chi connectivity index (χ0v) is 11.6. The summed E-state index contributed by atoms with van der Waals surface area (Å²) in [4.78, 5) is 0. The van der Waals surface area contributed by atoms with Crippen molar-refractivity contribution in [2.24, 2.45) is 5.10 Å². The lowest BCUT2D eigenvalue weighted by Crippen LogP contribution is -1.99. The molecule has 0 saturated carbocycles. The number of anilines is 1. The molecule has 0 atom stereocenters. The van der Waals surface area contributed by atoms with Gasteiger partial charge >= 0.3 is 0 Å². The first-order valence-corrected chi connectivity index (χ1v) is 6.30. The van der Waals surface area contributed by atoms with E-state index in [9.17, 15) is 5.11 Å². The molecule has 2 rings (SSSR count). The Morgan fingerprint density at radius 1 is 1.16 bits per heavy atom. The lowest BCUT2D eigenvalue weighted by molar-refractivity contribution is 0.475. The number of phenols is 1. The molecule has 0 unspecified atom stereocenters. The summed E-state index contributed by atoms with van der Waals surface area (Å²) >= 11 is 6.05. The lowest BCUT2D eigenvalue weighted by atomic mass is 10.1. The Balaban J connectivity index is 2.13. The van der Waals surface area contributed by atoms with Gasteiger partial charge < -0.3 is 5.11 Å². The highest BCUT2D eigenvalue weighted by Crippen LogP contribution is 2.20. The van der Waals surface area contributed by atoms with E-state index in [1.807, 2.05) is 44.2 Å². The van der Waals surface area contributed by atoms with Crippen molar-refractivity contribution in [3.8, 4) is 5.75 Å². The van der Waals surface area contributed by atoms with Crippen LogP contribution in [0.2, 0.25) is 5.02 Å². The molecule has 2 aromatic carbocycles. The minimum atomic E-state index is 0.245. The van der Waals surface area contributed by atoms with Crippen molar-refractivity contribution in [3.05, 3.63) is 58.6 Å². The summed E-state index contributed by atoms with van der Waals surface area (Å²) in [5.74, 6) is 0.245. The highest BCUT2D eigenvalue weighted by Gasteiger charge is 1.99. The van der Waals surface area contributed by atoms with Crippen LogP contribution in [0.1, 0.15) is 18.1 Å². The highest BCUT2D eigenvalue weighted by molar-refractivity contribution is 6.31. The number of aromatic hydroxyl groups is 1. The van der Waals surface area contributed by atoms with E-state index >= 15 is 0 Å². The number of nitrogens with zero attached hydrogens (tertiary/aromatic N) is 1. The van der Waals surface area contributed by atoms with Crippen LogP contribution in [0.25, 0.3) is 0 Å². The molecule has 0 bridgehead atoms. The van der Waals surface area contributed by atoms with E-state index in [2.05, 4.69) is 10.5 Å². The summed E-state index contributed by atoms with van der Waals surface area (Å²) in [5, 5.41) is 14.2. The number of hydrogen-bond acceptors (Lipinski definition) is 3. The largest absolute Gasteiger partial charge is 0.508 e. The maximum atomic E-state index is 9.23. The zero-order valence-electron chi connectivity index (χ0n) is 10.8. The number of hydrazone groups is 1. The smallest absolute Gasteiger partial charge is 0.115 e. The first kappa shape index (κ1) is 13.4. The van der Waals surface area contributed by atoms with E-state index in [4.69, 9.17) is 11.6 Å². The Morgan fingerprint density at radius 3 is 2.47 bits per heavy atom. The van der Waals surface area contributed by atoms with Crippen molar-refractivity contribution in [2.45, 2.75) is 13.8 Å². The minimum absolute atomic E-state index is 0.245. The van der Waals surface area contributed by atoms with Crippen molar-refractivity contribution in [3.63, 3.8) is 0 Å². The summed E-state index contributed by atoms with van der Waals surface area (Å²) in [6, 6.07) is 12.6. The van der Waals surface area contributed by atoms with Gasteiger partial charge in [-0.25, -0.2) is 0 Å². The molecule has 0 radical (unpaired) electrons. The van der Waals surface area contributed by atoms with Crippen LogP contribution >= 0.6 is 11.6 Å². The van der Waals surface area contributed by atoms with Crippen LogP contribution in [0.15, 0.2) is 47.6 Å². The summed E-state index contributed by atoms with van der Waals surface area (Å²) in [5.41, 5.74) is 6.62. The maximum absolute atomic E-state index is 9.23. The Labute approximate surface area is 117 Å². The Morgan fingerprint density at radius 2 is 1.84 bits per heavy atom. The zero-order chi connectivity index (χ0) is 13.8. The Kier molecular flexibility index (Phi) is 4.07. The molecule has 4 heteroatoms. The molecule has 98 valence electrons. The molecule has 2 N–H and O–H groups in total. The van der Waals surface area contributed by atoms with Gasteiger partial charge in [0.15, 0.2) is 0 Å². The molecule has 0 aliphatic heterocycles. The molecule has 3 nitrogen and oxygen atoms in total. The van der Waals surface area contributed by atoms with E-state index in [1.54, 1.807) is 12.1 Å². The molecule has 0 aliphatic rings. The van der Waals surface area contributed by atoms with Crippen LogP contribution in [-0.2, 0) is 0 Å². The molecule has 0 saturated heterocycles. The molecule has 0 heterocycles. The van der Waals surface area contributed by atoms with Crippen LogP contribution in [0, 0.1) is 6.92 Å². The molecule has 0 fully saturated rings. The van der Waals surface area contributed by atoms with Crippen molar-refractivity contribution in [2.75, 3.05) is 5.43 Å². The third kappa shape index (κ3) is 3.48. The minimum Gasteiger partial charge on any atom is -0.508 e. The van der Waals surface area contributed by atoms with Crippen LogP contribution in [0.3, 0.4) is 0 Å². The number of halogens is 1. The molecule has 0 aromatic heterocycles. The topological polar surface area (TPSA) is 44.6 Å². The van der Waals surface area contributed by atoms with Crippen LogP contribution in [0.5, 0.6) is 5.75 Å². The van der Waals surface area contributed by atoms with Gasteiger partial charge in [-0.05, 0) is 61.4 Å². The fourth-order valence-corrected chi connectivity index (χ4v) is 1.76. The number of aryl methyl sites for hydroxylation is 1. The summed E-state index contributed by atoms with van der Waals surface area (Å²) in [6.45, 7) is 3.85. The molecular formula is C15H15ClN2O. The van der Waals surface area contributed by atoms with Crippen LogP contribution in [0.4, 0.5) is 5.69 Å². The SMILES string of the molecule is C/C(=N\Nc1ccc(C)c(Cl)c1)c1ccc(O)cc1. The quantitative estimate of drug-likeness (QED) is 0.651. The van der Waals surface area contributed by atoms with E-state index in [0.717, 1.165) is 22.5 Å². The number of phenolic OH excluding ortho intramolecular Hbond substituents is 1. The fourth-order valence-electron chi connectivity index (χ4n) is 1.58. The predicted octanol–water partition coefficient (Wildman–Crippen LogP) is 4.19. The van der Waals surface area contributed by atoms with Crippen LogP contribution in [-0.4, -0.2) is 10.8 Å². The molecular weight excluding hydrogens is 260 g/mol. The highest BCUT2D eigenvalue weighted by atomic mass is 35.5. The first-order chi connectivity index (χ1) is 9.06. The third-order valence-electron chi connectivity index (χ3n) is 2.81. The summed E-state index contributed by atoms with van der Waals surface area (Å²) in [7, 11) is 0. The standard InChI is InChI=1S/C15H15ClN2O/c1-10-3-6-13(9-15(10)16)18-17-11(2)12-4-7-14(19)8-5-12/h3-9,18-19H,1-2H3/b17-11+. The average Bonchev–Trinajstić information content (AvgIpc) is 2.40. The van der Waals surface area contributed by atoms with Gasteiger partial charge in [0.05, 0.1) is 11.4 Å². The third-order valence-corrected chi connectivity index (χ3v) is 3.22. The number of nitrogens with one attached hydrogen (secondary N) is 1. The number of rotatable bonds is 3. The van der Waals surface area contributed by atoms with Gasteiger partial charge in [0, 0.05) is 5.02 Å². The number of benzene rings is 2. The van der Waals surface area contributed by atoms with Gasteiger partial charge in [0.1, 0.15) is 5.75 Å². The molecule has 19 heavy (non-hydrogen) atoms. The van der Waals surface area contributed by atoms with Crippen molar-refractivity contribution < 1.29 is 5.11 Å². The molecule has 2 aromatic rings. The molecule has 0 aliphatic carbocycles. The molecule has 0 spiro atoms. The summed E-state index contributed by atoms with van der Waals surface area (Å²) < 4.78 is 0. The van der Waals surface area contributed by atoms with Gasteiger partial charge in [0.2, 0.25) is 0 Å².